The van der Waals surface area contributed by atoms with Crippen molar-refractivity contribution in [3.05, 3.63) is 41.5 Å². The van der Waals surface area contributed by atoms with E-state index in [9.17, 15) is 4.79 Å². The van der Waals surface area contributed by atoms with Gasteiger partial charge in [-0.05, 0) is 36.2 Å². The van der Waals surface area contributed by atoms with Crippen LogP contribution in [0.5, 0.6) is 0 Å². The first-order valence-corrected chi connectivity index (χ1v) is 5.07. The Bertz CT molecular complexity index is 398. The smallest absolute Gasteiger partial charge is 0.248 e. The number of benzene rings is 1. The predicted molar refractivity (Wildman–Crippen MR) is 67.7 cm³/mol. The molecule has 0 radical (unpaired) electrons. The van der Waals surface area contributed by atoms with Crippen molar-refractivity contribution < 1.29 is 4.79 Å². The molecule has 1 aliphatic heterocycles. The van der Waals surface area contributed by atoms with Gasteiger partial charge in [0.15, 0.2) is 0 Å². The van der Waals surface area contributed by atoms with Gasteiger partial charge in [-0.2, -0.15) is 0 Å². The molecule has 0 fully saturated rings. The summed E-state index contributed by atoms with van der Waals surface area (Å²) in [6, 6.07) is 7.47. The van der Waals surface area contributed by atoms with E-state index in [4.69, 9.17) is 5.73 Å². The summed E-state index contributed by atoms with van der Waals surface area (Å²) in [6.07, 6.45) is 3.22. The summed E-state index contributed by atoms with van der Waals surface area (Å²) in [6.45, 7) is 1.94. The molecule has 0 saturated carbocycles. The van der Waals surface area contributed by atoms with Crippen LogP contribution in [-0.2, 0) is 0 Å². The van der Waals surface area contributed by atoms with E-state index < -0.39 is 0 Å². The minimum Gasteiger partial charge on any atom is -0.366 e. The van der Waals surface area contributed by atoms with Crippen LogP contribution in [0.1, 0.15) is 22.3 Å². The average Bonchev–Trinajstić information content (AvgIpc) is 2.30. The van der Waals surface area contributed by atoms with Crippen LogP contribution in [0.25, 0.3) is 5.57 Å². The normalized spacial score (nSPS) is 14.9. The second kappa shape index (κ2) is 5.68. The Morgan fingerprint density at radius 1 is 1.25 bits per heavy atom. The first kappa shape index (κ1) is 12.7. The molecule has 1 aromatic rings. The van der Waals surface area contributed by atoms with Crippen LogP contribution in [0.4, 0.5) is 0 Å². The quantitative estimate of drug-likeness (QED) is 0.822. The van der Waals surface area contributed by atoms with Gasteiger partial charge >= 0.3 is 0 Å². The molecule has 0 atom stereocenters. The number of primary amides is 1. The molecule has 16 heavy (non-hydrogen) atoms. The van der Waals surface area contributed by atoms with Gasteiger partial charge in [0.2, 0.25) is 5.91 Å². The van der Waals surface area contributed by atoms with Gasteiger partial charge in [0.05, 0.1) is 0 Å². The zero-order valence-electron chi connectivity index (χ0n) is 8.90. The number of amides is 1. The minimum atomic E-state index is -0.374. The second-order valence-electron chi connectivity index (χ2n) is 3.63. The highest BCUT2D eigenvalue weighted by molar-refractivity contribution is 5.93. The number of nitrogens with two attached hydrogens (primary N) is 1. The molecule has 0 aromatic heterocycles. The third-order valence-electron chi connectivity index (χ3n) is 2.60. The molecular formula is C12H15ClN2O. The van der Waals surface area contributed by atoms with Gasteiger partial charge < -0.3 is 11.1 Å². The van der Waals surface area contributed by atoms with E-state index in [0.29, 0.717) is 5.56 Å². The van der Waals surface area contributed by atoms with Crippen LogP contribution in [0.3, 0.4) is 0 Å². The predicted octanol–water partition coefficient (Wildman–Crippen LogP) is 1.58. The Morgan fingerprint density at radius 3 is 2.44 bits per heavy atom. The standard InChI is InChI=1S/C12H14N2O.ClH/c13-12(15)11-3-1-9(2-4-11)10-5-7-14-8-6-10;/h1-5,14H,6-8H2,(H2,13,15);1H. The van der Waals surface area contributed by atoms with E-state index in [1.165, 1.54) is 11.1 Å². The van der Waals surface area contributed by atoms with Gasteiger partial charge in [-0.3, -0.25) is 4.79 Å². The Balaban J connectivity index is 0.00000128. The Kier molecular flexibility index (Phi) is 4.52. The first-order valence-electron chi connectivity index (χ1n) is 5.07. The molecule has 1 heterocycles. The number of nitrogens with one attached hydrogen (secondary N) is 1. The largest absolute Gasteiger partial charge is 0.366 e. The maximum Gasteiger partial charge on any atom is 0.248 e. The molecule has 0 spiro atoms. The number of carbonyl (C=O) groups is 1. The molecule has 86 valence electrons. The van der Waals surface area contributed by atoms with Crippen molar-refractivity contribution in [3.8, 4) is 0 Å². The highest BCUT2D eigenvalue weighted by atomic mass is 35.5. The van der Waals surface area contributed by atoms with Crippen molar-refractivity contribution in [2.75, 3.05) is 13.1 Å². The molecule has 0 bridgehead atoms. The van der Waals surface area contributed by atoms with Crippen LogP contribution in [0.15, 0.2) is 30.3 Å². The molecule has 4 heteroatoms. The topological polar surface area (TPSA) is 55.1 Å². The molecule has 1 aliphatic rings. The van der Waals surface area contributed by atoms with E-state index in [-0.39, 0.29) is 18.3 Å². The molecular weight excluding hydrogens is 224 g/mol. The SMILES string of the molecule is Cl.NC(=O)c1ccc(C2=CCNCC2)cc1. The van der Waals surface area contributed by atoms with Gasteiger partial charge in [0.1, 0.15) is 0 Å². The van der Waals surface area contributed by atoms with Gasteiger partial charge in [-0.25, -0.2) is 0 Å². The number of rotatable bonds is 2. The van der Waals surface area contributed by atoms with Crippen molar-refractivity contribution in [2.45, 2.75) is 6.42 Å². The molecule has 0 aliphatic carbocycles. The van der Waals surface area contributed by atoms with E-state index in [1.807, 2.05) is 12.1 Å². The van der Waals surface area contributed by atoms with Crippen LogP contribution in [-0.4, -0.2) is 19.0 Å². The molecule has 0 saturated heterocycles. The lowest BCUT2D eigenvalue weighted by Crippen LogP contribution is -2.20. The summed E-state index contributed by atoms with van der Waals surface area (Å²) >= 11 is 0. The highest BCUT2D eigenvalue weighted by Crippen LogP contribution is 2.19. The van der Waals surface area contributed by atoms with Crippen molar-refractivity contribution in [1.82, 2.24) is 5.32 Å². The van der Waals surface area contributed by atoms with Crippen LogP contribution < -0.4 is 11.1 Å². The molecule has 3 N–H and O–H groups in total. The van der Waals surface area contributed by atoms with E-state index in [0.717, 1.165) is 19.5 Å². The number of hydrogen-bond acceptors (Lipinski definition) is 2. The van der Waals surface area contributed by atoms with Gasteiger partial charge in [0, 0.05) is 12.1 Å². The second-order valence-corrected chi connectivity index (χ2v) is 3.63. The Labute approximate surface area is 101 Å². The van der Waals surface area contributed by atoms with E-state index in [1.54, 1.807) is 12.1 Å². The number of hydrogen-bond donors (Lipinski definition) is 2. The van der Waals surface area contributed by atoms with E-state index in [2.05, 4.69) is 11.4 Å². The zero-order valence-corrected chi connectivity index (χ0v) is 9.72. The lowest BCUT2D eigenvalue weighted by Gasteiger charge is -2.14. The summed E-state index contributed by atoms with van der Waals surface area (Å²) < 4.78 is 0. The van der Waals surface area contributed by atoms with Crippen molar-refractivity contribution in [2.24, 2.45) is 5.73 Å². The highest BCUT2D eigenvalue weighted by Gasteiger charge is 2.06. The van der Waals surface area contributed by atoms with Crippen molar-refractivity contribution in [1.29, 1.82) is 0 Å². The average molecular weight is 239 g/mol. The van der Waals surface area contributed by atoms with Gasteiger partial charge in [-0.15, -0.1) is 12.4 Å². The summed E-state index contributed by atoms with van der Waals surface area (Å²) in [5.74, 6) is -0.374. The Hall–Kier alpha value is -1.32. The molecule has 2 rings (SSSR count). The molecule has 1 aromatic carbocycles. The summed E-state index contributed by atoms with van der Waals surface area (Å²) in [4.78, 5) is 10.9. The van der Waals surface area contributed by atoms with Crippen LogP contribution in [0.2, 0.25) is 0 Å². The zero-order chi connectivity index (χ0) is 10.7. The fourth-order valence-electron chi connectivity index (χ4n) is 1.73. The lowest BCUT2D eigenvalue weighted by molar-refractivity contribution is 0.100. The third-order valence-corrected chi connectivity index (χ3v) is 2.60. The van der Waals surface area contributed by atoms with E-state index >= 15 is 0 Å². The fourth-order valence-corrected chi connectivity index (χ4v) is 1.73. The first-order chi connectivity index (χ1) is 7.27. The van der Waals surface area contributed by atoms with Gasteiger partial charge in [0.25, 0.3) is 0 Å². The molecule has 1 amide bonds. The minimum absolute atomic E-state index is 0. The summed E-state index contributed by atoms with van der Waals surface area (Å²) in [5, 5.41) is 3.26. The lowest BCUT2D eigenvalue weighted by atomic mass is 9.99. The maximum atomic E-state index is 10.9. The van der Waals surface area contributed by atoms with Gasteiger partial charge in [-0.1, -0.05) is 18.2 Å². The monoisotopic (exact) mass is 238 g/mol. The number of carbonyl (C=O) groups excluding carboxylic acids is 1. The summed E-state index contributed by atoms with van der Waals surface area (Å²) in [5.41, 5.74) is 8.26. The Morgan fingerprint density at radius 2 is 1.94 bits per heavy atom. The van der Waals surface area contributed by atoms with Crippen molar-refractivity contribution in [3.63, 3.8) is 0 Å². The third kappa shape index (κ3) is 2.84. The maximum absolute atomic E-state index is 10.9. The molecule has 3 nitrogen and oxygen atoms in total. The van der Waals surface area contributed by atoms with Crippen molar-refractivity contribution >= 4 is 23.9 Å². The van der Waals surface area contributed by atoms with Crippen LogP contribution in [0, 0.1) is 0 Å². The fraction of sp³-hybridized carbons (Fsp3) is 0.250. The summed E-state index contributed by atoms with van der Waals surface area (Å²) in [7, 11) is 0. The molecule has 0 unspecified atom stereocenters. The van der Waals surface area contributed by atoms with Crippen LogP contribution >= 0.6 is 12.4 Å². The number of halogens is 1.